The normalized spacial score (nSPS) is 17.2. The molecule has 1 atom stereocenters. The molecule has 1 unspecified atom stereocenters. The van der Waals surface area contributed by atoms with E-state index in [4.69, 9.17) is 11.6 Å². The van der Waals surface area contributed by atoms with Crippen LogP contribution < -0.4 is 5.32 Å². The van der Waals surface area contributed by atoms with Crippen molar-refractivity contribution in [3.05, 3.63) is 21.4 Å². The molecule has 4 heteroatoms. The zero-order chi connectivity index (χ0) is 11.7. The van der Waals surface area contributed by atoms with Gasteiger partial charge >= 0.3 is 0 Å². The second kappa shape index (κ2) is 4.76. The molecule has 2 rings (SSSR count). The molecule has 1 aromatic heterocycles. The van der Waals surface area contributed by atoms with Gasteiger partial charge < -0.3 is 5.32 Å². The van der Waals surface area contributed by atoms with Gasteiger partial charge in [-0.25, -0.2) is 0 Å². The van der Waals surface area contributed by atoms with E-state index in [1.165, 1.54) is 23.3 Å². The lowest BCUT2D eigenvalue weighted by Crippen LogP contribution is -2.30. The number of rotatable bonds is 4. The van der Waals surface area contributed by atoms with Gasteiger partial charge in [0.2, 0.25) is 0 Å². The minimum atomic E-state index is 0.00694. The average molecular weight is 258 g/mol. The fraction of sp³-hybridized carbons (Fsp3) is 0.583. The zero-order valence-corrected chi connectivity index (χ0v) is 11.1. The molecule has 1 aliphatic carbocycles. The van der Waals surface area contributed by atoms with E-state index in [1.807, 2.05) is 19.9 Å². The van der Waals surface area contributed by atoms with Crippen LogP contribution in [0.5, 0.6) is 0 Å². The summed E-state index contributed by atoms with van der Waals surface area (Å²) in [7, 11) is 0. The number of carbonyl (C=O) groups excluding carboxylic acids is 1. The van der Waals surface area contributed by atoms with E-state index < -0.39 is 0 Å². The molecule has 1 saturated carbocycles. The Morgan fingerprint density at radius 2 is 2.31 bits per heavy atom. The monoisotopic (exact) mass is 257 g/mol. The Labute approximate surface area is 105 Å². The van der Waals surface area contributed by atoms with E-state index in [0.29, 0.717) is 12.5 Å². The maximum absolute atomic E-state index is 11.8. The van der Waals surface area contributed by atoms with E-state index in [9.17, 15) is 4.79 Å². The van der Waals surface area contributed by atoms with Gasteiger partial charge in [-0.15, -0.1) is 22.9 Å². The molecule has 1 aliphatic rings. The van der Waals surface area contributed by atoms with Crippen molar-refractivity contribution in [2.75, 3.05) is 6.54 Å². The zero-order valence-electron chi connectivity index (χ0n) is 9.55. The minimum Gasteiger partial charge on any atom is -0.350 e. The molecule has 0 bridgehead atoms. The Kier molecular flexibility index (Phi) is 3.55. The van der Waals surface area contributed by atoms with E-state index >= 15 is 0 Å². The first-order valence-corrected chi connectivity index (χ1v) is 6.82. The molecular formula is C12H16ClNOS. The van der Waals surface area contributed by atoms with Crippen LogP contribution in [0, 0.1) is 19.8 Å². The summed E-state index contributed by atoms with van der Waals surface area (Å²) in [6, 6.07) is 1.94. The van der Waals surface area contributed by atoms with E-state index in [-0.39, 0.29) is 11.3 Å². The fourth-order valence-corrected chi connectivity index (χ4v) is 2.87. The van der Waals surface area contributed by atoms with Crippen molar-refractivity contribution < 1.29 is 4.79 Å². The molecule has 1 amide bonds. The standard InChI is InChI=1S/C12H16ClNOS/c1-7-5-11(16-8(7)2)12(15)14-6-10(13)9-3-4-9/h5,9-10H,3-4,6H2,1-2H3,(H,14,15). The number of thiophene rings is 1. The number of aryl methyl sites for hydroxylation is 2. The first-order chi connectivity index (χ1) is 7.58. The third-order valence-corrected chi connectivity index (χ3v) is 4.64. The lowest BCUT2D eigenvalue weighted by molar-refractivity contribution is 0.0957. The van der Waals surface area contributed by atoms with Crippen molar-refractivity contribution >= 4 is 28.8 Å². The minimum absolute atomic E-state index is 0.00694. The summed E-state index contributed by atoms with van der Waals surface area (Å²) in [5.41, 5.74) is 1.18. The van der Waals surface area contributed by atoms with Gasteiger partial charge in [-0.2, -0.15) is 0 Å². The van der Waals surface area contributed by atoms with Crippen molar-refractivity contribution in [2.24, 2.45) is 5.92 Å². The summed E-state index contributed by atoms with van der Waals surface area (Å²) in [5.74, 6) is 0.626. The highest BCUT2D eigenvalue weighted by atomic mass is 35.5. The molecule has 16 heavy (non-hydrogen) atoms. The SMILES string of the molecule is Cc1cc(C(=O)NCC(Cl)C2CC2)sc1C. The fourth-order valence-electron chi connectivity index (χ4n) is 1.59. The molecule has 0 radical (unpaired) electrons. The highest BCUT2D eigenvalue weighted by Gasteiger charge is 2.29. The molecule has 0 aliphatic heterocycles. The molecule has 1 heterocycles. The summed E-state index contributed by atoms with van der Waals surface area (Å²) in [6.45, 7) is 4.64. The van der Waals surface area contributed by atoms with E-state index in [2.05, 4.69) is 5.32 Å². The topological polar surface area (TPSA) is 29.1 Å². The molecule has 2 nitrogen and oxygen atoms in total. The van der Waals surface area contributed by atoms with Crippen LogP contribution in [0.15, 0.2) is 6.07 Å². The average Bonchev–Trinajstić information content (AvgIpc) is 3.03. The third kappa shape index (κ3) is 2.77. The highest BCUT2D eigenvalue weighted by Crippen LogP contribution is 2.35. The second-order valence-corrected chi connectivity index (χ2v) is 6.23. The van der Waals surface area contributed by atoms with Crippen LogP contribution in [0.1, 0.15) is 33.0 Å². The smallest absolute Gasteiger partial charge is 0.261 e. The lowest BCUT2D eigenvalue weighted by atomic mass is 10.2. The third-order valence-electron chi connectivity index (χ3n) is 2.98. The van der Waals surface area contributed by atoms with Gasteiger partial charge in [0.15, 0.2) is 0 Å². The number of hydrogen-bond donors (Lipinski definition) is 1. The van der Waals surface area contributed by atoms with Crippen molar-refractivity contribution in [3.63, 3.8) is 0 Å². The molecule has 1 fully saturated rings. The predicted octanol–water partition coefficient (Wildman–Crippen LogP) is 3.11. The molecular weight excluding hydrogens is 242 g/mol. The summed E-state index contributed by atoms with van der Waals surface area (Å²) in [4.78, 5) is 13.8. The Balaban J connectivity index is 1.87. The van der Waals surface area contributed by atoms with Gasteiger partial charge in [-0.3, -0.25) is 4.79 Å². The molecule has 88 valence electrons. The summed E-state index contributed by atoms with van der Waals surface area (Å²) >= 11 is 7.68. The number of halogens is 1. The van der Waals surface area contributed by atoms with Crippen LogP contribution in [0.2, 0.25) is 0 Å². The maximum atomic E-state index is 11.8. The van der Waals surface area contributed by atoms with Gasteiger partial charge in [0.1, 0.15) is 0 Å². The van der Waals surface area contributed by atoms with Gasteiger partial charge in [0, 0.05) is 11.4 Å². The maximum Gasteiger partial charge on any atom is 0.261 e. The van der Waals surface area contributed by atoms with Crippen molar-refractivity contribution in [2.45, 2.75) is 32.1 Å². The molecule has 0 aromatic carbocycles. The van der Waals surface area contributed by atoms with Gasteiger partial charge in [0.25, 0.3) is 5.91 Å². The van der Waals surface area contributed by atoms with Crippen molar-refractivity contribution in [1.82, 2.24) is 5.32 Å². The number of alkyl halides is 1. The summed E-state index contributed by atoms with van der Waals surface area (Å²) in [5, 5.41) is 3.00. The Hall–Kier alpha value is -0.540. The largest absolute Gasteiger partial charge is 0.350 e. The van der Waals surface area contributed by atoms with Crippen LogP contribution in [0.4, 0.5) is 0 Å². The van der Waals surface area contributed by atoms with Crippen molar-refractivity contribution in [3.8, 4) is 0 Å². The Morgan fingerprint density at radius 1 is 1.62 bits per heavy atom. The van der Waals surface area contributed by atoms with Crippen molar-refractivity contribution in [1.29, 1.82) is 0 Å². The number of nitrogens with one attached hydrogen (secondary N) is 1. The number of amides is 1. The number of carbonyl (C=O) groups is 1. The Morgan fingerprint density at radius 3 is 2.81 bits per heavy atom. The first kappa shape index (κ1) is 11.9. The van der Waals surface area contributed by atoms with Crippen LogP contribution >= 0.6 is 22.9 Å². The highest BCUT2D eigenvalue weighted by molar-refractivity contribution is 7.14. The molecule has 0 saturated heterocycles. The Bertz CT molecular complexity index is 378. The van der Waals surface area contributed by atoms with Crippen LogP contribution in [-0.2, 0) is 0 Å². The first-order valence-electron chi connectivity index (χ1n) is 5.57. The molecule has 0 spiro atoms. The van der Waals surface area contributed by atoms with E-state index in [1.54, 1.807) is 11.3 Å². The van der Waals surface area contributed by atoms with Crippen LogP contribution in [0.3, 0.4) is 0 Å². The predicted molar refractivity (Wildman–Crippen MR) is 68.5 cm³/mol. The summed E-state index contributed by atoms with van der Waals surface area (Å²) < 4.78 is 0. The van der Waals surface area contributed by atoms with E-state index in [0.717, 1.165) is 4.88 Å². The quantitative estimate of drug-likeness (QED) is 0.825. The second-order valence-electron chi connectivity index (χ2n) is 4.41. The van der Waals surface area contributed by atoms with Gasteiger partial charge in [-0.1, -0.05) is 0 Å². The van der Waals surface area contributed by atoms with Crippen LogP contribution in [0.25, 0.3) is 0 Å². The van der Waals surface area contributed by atoms with Gasteiger partial charge in [0.05, 0.1) is 10.3 Å². The van der Waals surface area contributed by atoms with Crippen LogP contribution in [-0.4, -0.2) is 17.8 Å². The number of hydrogen-bond acceptors (Lipinski definition) is 2. The molecule has 1 aromatic rings. The van der Waals surface area contributed by atoms with Gasteiger partial charge in [-0.05, 0) is 44.2 Å². The summed E-state index contributed by atoms with van der Waals surface area (Å²) in [6.07, 6.45) is 2.42. The molecule has 1 N–H and O–H groups in total. The lowest BCUT2D eigenvalue weighted by Gasteiger charge is -2.08.